The minimum atomic E-state index is -2.52. The number of nitrogens with zero attached hydrogens (tertiary/aromatic N) is 7. The van der Waals surface area contributed by atoms with Gasteiger partial charge in [0, 0.05) is 31.9 Å². The number of hydrogen-bond acceptors (Lipinski definition) is 8. The number of pyridine rings is 1. The largest absolute Gasteiger partial charge is 0.378 e. The Morgan fingerprint density at radius 1 is 1.14 bits per heavy atom. The van der Waals surface area contributed by atoms with Crippen LogP contribution in [-0.4, -0.2) is 92.1 Å². The highest BCUT2D eigenvalue weighted by Gasteiger charge is 2.39. The lowest BCUT2D eigenvalue weighted by molar-refractivity contribution is -0.0585. The van der Waals surface area contributed by atoms with Crippen molar-refractivity contribution in [3.8, 4) is 11.3 Å². The van der Waals surface area contributed by atoms with Gasteiger partial charge in [-0.25, -0.2) is 27.7 Å². The predicted octanol–water partition coefficient (Wildman–Crippen LogP) is 2.59. The number of alkyl halides is 3. The second kappa shape index (κ2) is 8.89. The Kier molecular flexibility index (Phi) is 5.67. The van der Waals surface area contributed by atoms with Gasteiger partial charge in [0.1, 0.15) is 23.0 Å². The maximum atomic E-state index is 14.7. The number of hydrogen-bond donors (Lipinski definition) is 2. The monoisotopic (exact) mass is 501 g/mol. The van der Waals surface area contributed by atoms with Crippen LogP contribution in [0.15, 0.2) is 24.4 Å². The highest BCUT2D eigenvalue weighted by atomic mass is 19.3. The lowest BCUT2D eigenvalue weighted by atomic mass is 10.2. The van der Waals surface area contributed by atoms with Gasteiger partial charge < -0.3 is 19.9 Å². The molecule has 0 saturated carbocycles. The van der Waals surface area contributed by atoms with Crippen LogP contribution in [-0.2, 0) is 11.3 Å². The molecule has 4 aromatic heterocycles. The van der Waals surface area contributed by atoms with Crippen LogP contribution in [0, 0.1) is 6.92 Å². The van der Waals surface area contributed by atoms with Gasteiger partial charge in [-0.15, -0.1) is 5.10 Å². The molecule has 0 bridgehead atoms. The number of rotatable bonds is 7. The van der Waals surface area contributed by atoms with Gasteiger partial charge in [-0.05, 0) is 25.1 Å². The molecule has 0 aromatic carbocycles. The molecule has 190 valence electrons. The molecule has 2 atom stereocenters. The third-order valence-electron chi connectivity index (χ3n) is 6.86. The van der Waals surface area contributed by atoms with Gasteiger partial charge >= 0.3 is 0 Å². The first-order valence-corrected chi connectivity index (χ1v) is 11.8. The molecule has 0 amide bonds. The van der Waals surface area contributed by atoms with Gasteiger partial charge in [0.05, 0.1) is 37.5 Å². The van der Waals surface area contributed by atoms with Crippen LogP contribution in [0.4, 0.5) is 24.9 Å². The van der Waals surface area contributed by atoms with E-state index in [9.17, 15) is 13.2 Å². The Balaban J connectivity index is 1.33. The Morgan fingerprint density at radius 3 is 2.69 bits per heavy atom. The van der Waals surface area contributed by atoms with E-state index in [2.05, 4.69) is 35.6 Å². The lowest BCUT2D eigenvalue weighted by Gasteiger charge is -2.34. The van der Waals surface area contributed by atoms with E-state index in [0.29, 0.717) is 66.3 Å². The molecular weight excluding hydrogens is 475 g/mol. The third-order valence-corrected chi connectivity index (χ3v) is 6.86. The average molecular weight is 502 g/mol. The molecule has 13 heteroatoms. The molecule has 0 aliphatic carbocycles. The zero-order valence-electron chi connectivity index (χ0n) is 19.8. The first-order valence-electron chi connectivity index (χ1n) is 11.8. The molecule has 0 spiro atoms. The Morgan fingerprint density at radius 2 is 1.97 bits per heavy atom. The number of ether oxygens (including phenoxy) is 1. The zero-order chi connectivity index (χ0) is 25.0. The first kappa shape index (κ1) is 23.0. The van der Waals surface area contributed by atoms with Crippen LogP contribution in [0.5, 0.6) is 0 Å². The summed E-state index contributed by atoms with van der Waals surface area (Å²) >= 11 is 0. The fraction of sp³-hybridized carbons (Fsp3) is 0.478. The number of likely N-dealkylation sites (tertiary alicyclic amines) is 1. The van der Waals surface area contributed by atoms with Crippen LogP contribution in [0.25, 0.3) is 27.9 Å². The predicted molar refractivity (Wildman–Crippen MR) is 128 cm³/mol. The van der Waals surface area contributed by atoms with Crippen molar-refractivity contribution >= 4 is 28.4 Å². The third kappa shape index (κ3) is 3.91. The zero-order valence-corrected chi connectivity index (χ0v) is 19.8. The van der Waals surface area contributed by atoms with Gasteiger partial charge in [-0.3, -0.25) is 4.90 Å². The fourth-order valence-corrected chi connectivity index (χ4v) is 4.92. The molecule has 2 saturated heterocycles. The maximum Gasteiger partial charge on any atom is 0.256 e. The van der Waals surface area contributed by atoms with Crippen molar-refractivity contribution in [1.29, 1.82) is 0 Å². The molecule has 2 fully saturated rings. The summed E-state index contributed by atoms with van der Waals surface area (Å²) in [5.41, 5.74) is 2.93. The highest BCUT2D eigenvalue weighted by Crippen LogP contribution is 2.31. The summed E-state index contributed by atoms with van der Waals surface area (Å²) < 4.78 is 49.3. The maximum absolute atomic E-state index is 14.7. The number of imidazole rings is 1. The van der Waals surface area contributed by atoms with Crippen molar-refractivity contribution in [3.63, 3.8) is 0 Å². The first-order chi connectivity index (χ1) is 17.4. The van der Waals surface area contributed by atoms with Crippen molar-refractivity contribution in [2.45, 2.75) is 38.1 Å². The topological polar surface area (TPSA) is 97.4 Å². The second-order valence-electron chi connectivity index (χ2n) is 9.17. The normalized spacial score (nSPS) is 21.1. The van der Waals surface area contributed by atoms with E-state index in [-0.39, 0.29) is 6.04 Å². The van der Waals surface area contributed by atoms with Gasteiger partial charge in [-0.1, -0.05) is 0 Å². The average Bonchev–Trinajstić information content (AvgIpc) is 3.47. The summed E-state index contributed by atoms with van der Waals surface area (Å²) in [7, 11) is 1.74. The van der Waals surface area contributed by atoms with E-state index in [0.717, 1.165) is 5.56 Å². The molecule has 4 aromatic rings. The number of fused-ring (bicyclic) bond motifs is 2. The van der Waals surface area contributed by atoms with Gasteiger partial charge in [-0.2, -0.15) is 4.98 Å². The van der Waals surface area contributed by atoms with E-state index in [1.54, 1.807) is 36.8 Å². The van der Waals surface area contributed by atoms with Crippen LogP contribution in [0.2, 0.25) is 0 Å². The molecule has 10 nitrogen and oxygen atoms in total. The van der Waals surface area contributed by atoms with E-state index >= 15 is 0 Å². The summed E-state index contributed by atoms with van der Waals surface area (Å²) in [6, 6.07) is 5.25. The van der Waals surface area contributed by atoms with Crippen LogP contribution in [0.1, 0.15) is 5.82 Å². The minimum absolute atomic E-state index is 0.268. The second-order valence-corrected chi connectivity index (χ2v) is 9.17. The molecule has 2 aliphatic heterocycles. The van der Waals surface area contributed by atoms with Crippen LogP contribution >= 0.6 is 0 Å². The van der Waals surface area contributed by atoms with E-state index in [1.807, 2.05) is 6.07 Å². The van der Waals surface area contributed by atoms with E-state index in [1.165, 1.54) is 4.57 Å². The summed E-state index contributed by atoms with van der Waals surface area (Å²) in [6.45, 7) is 3.40. The van der Waals surface area contributed by atoms with Crippen LogP contribution in [0.3, 0.4) is 0 Å². The molecule has 6 rings (SSSR count). The van der Waals surface area contributed by atoms with Crippen LogP contribution < -0.4 is 10.6 Å². The number of nitrogens with one attached hydrogen (secondary N) is 2. The Bertz CT molecular complexity index is 1420. The molecule has 36 heavy (non-hydrogen) atoms. The summed E-state index contributed by atoms with van der Waals surface area (Å²) in [5, 5.41) is 10.8. The van der Waals surface area contributed by atoms with Crippen molar-refractivity contribution in [3.05, 3.63) is 30.2 Å². The molecule has 2 N–H and O–H groups in total. The van der Waals surface area contributed by atoms with E-state index < -0.39 is 25.2 Å². The highest BCUT2D eigenvalue weighted by molar-refractivity contribution is 5.89. The van der Waals surface area contributed by atoms with Crippen molar-refractivity contribution in [2.24, 2.45) is 0 Å². The molecular formula is C23H26F3N9O. The molecule has 0 radical (unpaired) electrons. The van der Waals surface area contributed by atoms with Crippen molar-refractivity contribution in [2.75, 3.05) is 44.0 Å². The van der Waals surface area contributed by atoms with Crippen molar-refractivity contribution in [1.82, 2.24) is 34.0 Å². The van der Waals surface area contributed by atoms with Gasteiger partial charge in [0.2, 0.25) is 5.95 Å². The fourth-order valence-electron chi connectivity index (χ4n) is 4.92. The molecule has 0 unspecified atom stereocenters. The Hall–Kier alpha value is -3.45. The van der Waals surface area contributed by atoms with Gasteiger partial charge in [0.25, 0.3) is 6.43 Å². The smallest absolute Gasteiger partial charge is 0.256 e. The SMILES string of the molecule is CNc1nc(N[C@@H]2CN(C3COC3)C[C@@H]2F)nn2ccc(-c3ccc4nc(C)n(CC(F)F)c4n3)c12. The summed E-state index contributed by atoms with van der Waals surface area (Å²) in [6.07, 6.45) is -1.79. The number of aromatic nitrogens is 6. The summed E-state index contributed by atoms with van der Waals surface area (Å²) in [5.74, 6) is 1.32. The van der Waals surface area contributed by atoms with Gasteiger partial charge in [0.15, 0.2) is 11.5 Å². The molecule has 6 heterocycles. The quantitative estimate of drug-likeness (QED) is 0.399. The summed E-state index contributed by atoms with van der Waals surface area (Å²) in [4.78, 5) is 15.7. The number of aryl methyl sites for hydroxylation is 1. The van der Waals surface area contributed by atoms with Crippen molar-refractivity contribution < 1.29 is 17.9 Å². The van der Waals surface area contributed by atoms with E-state index in [4.69, 9.17) is 4.74 Å². The number of anilines is 2. The number of halogens is 3. The molecule has 2 aliphatic rings. The lowest BCUT2D eigenvalue weighted by Crippen LogP contribution is -2.48. The standard InChI is InChI=1S/C23H26F3N9O/c1-12-28-17-4-3-16(29-22(17)34(12)9-19(25)26)14-5-6-35-20(14)21(27-2)31-23(32-35)30-18-8-33(7-15(18)24)13-10-36-11-13/h3-6,13,15,18-19H,7-11H2,1-2H3,(H2,27,30,31,32)/t15-,18+/m0/s1. The Labute approximate surface area is 204 Å². The minimum Gasteiger partial charge on any atom is -0.378 e.